The van der Waals surface area contributed by atoms with E-state index in [2.05, 4.69) is 9.88 Å². The van der Waals surface area contributed by atoms with Gasteiger partial charge >= 0.3 is 6.09 Å². The molecule has 0 saturated carbocycles. The summed E-state index contributed by atoms with van der Waals surface area (Å²) in [4.78, 5) is 31.0. The molecule has 8 nitrogen and oxygen atoms in total. The third-order valence-corrected chi connectivity index (χ3v) is 4.07. The van der Waals surface area contributed by atoms with Crippen LogP contribution in [-0.4, -0.2) is 52.6 Å². The molecular weight excluding hydrogens is 298 g/mol. The van der Waals surface area contributed by atoms with Gasteiger partial charge < -0.3 is 24.8 Å². The summed E-state index contributed by atoms with van der Waals surface area (Å²) in [5, 5.41) is 0. The summed E-state index contributed by atoms with van der Waals surface area (Å²) in [7, 11) is 1.91. The van der Waals surface area contributed by atoms with Crippen LogP contribution in [0.5, 0.6) is 5.75 Å². The van der Waals surface area contributed by atoms with Crippen molar-refractivity contribution in [3.63, 3.8) is 0 Å². The number of primary amides is 1. The van der Waals surface area contributed by atoms with Crippen molar-refractivity contribution in [2.24, 2.45) is 12.8 Å². The number of para-hydroxylation sites is 1. The Bertz CT molecular complexity index is 762. The fourth-order valence-electron chi connectivity index (χ4n) is 2.87. The zero-order chi connectivity index (χ0) is 16.6. The molecule has 1 aliphatic rings. The zero-order valence-electron chi connectivity index (χ0n) is 13.2. The SMILES string of the molecule is CC(=O)N1CCN(c2nc3c(OC(N)=O)cccc3n2C)CC1. The standard InChI is InChI=1S/C15H19N5O3/c1-10(21)19-6-8-20(9-7-19)15-17-13-11(18(15)2)4-3-5-12(13)23-14(16)22/h3-5H,6-9H2,1-2H3,(H2,16,22). The first-order valence-electron chi connectivity index (χ1n) is 7.40. The first-order chi connectivity index (χ1) is 11.0. The van der Waals surface area contributed by atoms with E-state index in [4.69, 9.17) is 10.5 Å². The van der Waals surface area contributed by atoms with Gasteiger partial charge in [0.2, 0.25) is 11.9 Å². The van der Waals surface area contributed by atoms with Gasteiger partial charge in [0.25, 0.3) is 0 Å². The van der Waals surface area contributed by atoms with Crippen LogP contribution in [0.3, 0.4) is 0 Å². The van der Waals surface area contributed by atoms with E-state index in [-0.39, 0.29) is 5.91 Å². The number of carbonyl (C=O) groups excluding carboxylic acids is 2. The fraction of sp³-hybridized carbons (Fsp3) is 0.400. The van der Waals surface area contributed by atoms with Gasteiger partial charge in [-0.1, -0.05) is 6.07 Å². The van der Waals surface area contributed by atoms with Crippen molar-refractivity contribution >= 4 is 29.0 Å². The van der Waals surface area contributed by atoms with E-state index < -0.39 is 6.09 Å². The normalized spacial score (nSPS) is 15.0. The number of piperazine rings is 1. The summed E-state index contributed by atoms with van der Waals surface area (Å²) in [6.45, 7) is 4.34. The van der Waals surface area contributed by atoms with Crippen molar-refractivity contribution in [3.05, 3.63) is 18.2 Å². The van der Waals surface area contributed by atoms with Crippen LogP contribution in [0.15, 0.2) is 18.2 Å². The highest BCUT2D eigenvalue weighted by Gasteiger charge is 2.23. The molecule has 0 atom stereocenters. The van der Waals surface area contributed by atoms with Crippen LogP contribution >= 0.6 is 0 Å². The summed E-state index contributed by atoms with van der Waals surface area (Å²) in [6.07, 6.45) is -0.861. The average Bonchev–Trinajstić information content (AvgIpc) is 2.85. The van der Waals surface area contributed by atoms with Gasteiger partial charge in [0, 0.05) is 40.2 Å². The molecule has 1 aliphatic heterocycles. The Labute approximate surface area is 133 Å². The maximum atomic E-state index is 11.4. The van der Waals surface area contributed by atoms with Crippen LogP contribution in [0.4, 0.5) is 10.7 Å². The van der Waals surface area contributed by atoms with Crippen LogP contribution in [-0.2, 0) is 11.8 Å². The Morgan fingerprint density at radius 1 is 1.22 bits per heavy atom. The monoisotopic (exact) mass is 317 g/mol. The largest absolute Gasteiger partial charge is 0.410 e. The maximum absolute atomic E-state index is 11.4. The molecule has 0 bridgehead atoms. The predicted molar refractivity (Wildman–Crippen MR) is 85.4 cm³/mol. The number of anilines is 1. The van der Waals surface area contributed by atoms with Crippen LogP contribution in [0.25, 0.3) is 11.0 Å². The molecule has 3 rings (SSSR count). The summed E-state index contributed by atoms with van der Waals surface area (Å²) >= 11 is 0. The number of hydrogen-bond donors (Lipinski definition) is 1. The molecule has 2 amide bonds. The van der Waals surface area contributed by atoms with Crippen molar-refractivity contribution in [1.82, 2.24) is 14.5 Å². The Morgan fingerprint density at radius 2 is 1.91 bits per heavy atom. The lowest BCUT2D eigenvalue weighted by atomic mass is 10.3. The van der Waals surface area contributed by atoms with E-state index >= 15 is 0 Å². The molecule has 1 aromatic carbocycles. The molecule has 2 heterocycles. The second-order valence-electron chi connectivity index (χ2n) is 5.51. The number of amides is 2. The number of ether oxygens (including phenoxy) is 1. The molecule has 0 spiro atoms. The predicted octanol–water partition coefficient (Wildman–Crippen LogP) is 0.699. The first kappa shape index (κ1) is 15.1. The third-order valence-electron chi connectivity index (χ3n) is 4.07. The minimum absolute atomic E-state index is 0.0896. The van der Waals surface area contributed by atoms with Crippen molar-refractivity contribution in [2.45, 2.75) is 6.92 Å². The number of benzene rings is 1. The highest BCUT2D eigenvalue weighted by molar-refractivity contribution is 5.87. The lowest BCUT2D eigenvalue weighted by molar-refractivity contribution is -0.129. The molecule has 122 valence electrons. The molecule has 8 heteroatoms. The number of rotatable bonds is 2. The number of aromatic nitrogens is 2. The second kappa shape index (κ2) is 5.79. The highest BCUT2D eigenvalue weighted by Crippen LogP contribution is 2.29. The van der Waals surface area contributed by atoms with Gasteiger partial charge in [-0.05, 0) is 12.1 Å². The Morgan fingerprint density at radius 3 is 2.52 bits per heavy atom. The van der Waals surface area contributed by atoms with Gasteiger partial charge in [-0.3, -0.25) is 4.79 Å². The Balaban J connectivity index is 1.92. The number of hydrogen-bond acceptors (Lipinski definition) is 5. The number of nitrogens with two attached hydrogens (primary N) is 1. The minimum atomic E-state index is -0.861. The summed E-state index contributed by atoms with van der Waals surface area (Å²) in [5.74, 6) is 1.22. The van der Waals surface area contributed by atoms with Crippen molar-refractivity contribution in [3.8, 4) is 5.75 Å². The number of fused-ring (bicyclic) bond motifs is 1. The molecule has 1 fully saturated rings. The highest BCUT2D eigenvalue weighted by atomic mass is 16.5. The van der Waals surface area contributed by atoms with Crippen LogP contribution in [0.1, 0.15) is 6.92 Å². The van der Waals surface area contributed by atoms with Crippen LogP contribution in [0.2, 0.25) is 0 Å². The van der Waals surface area contributed by atoms with Gasteiger partial charge in [0.15, 0.2) is 5.75 Å². The number of aryl methyl sites for hydroxylation is 1. The first-order valence-corrected chi connectivity index (χ1v) is 7.40. The second-order valence-corrected chi connectivity index (χ2v) is 5.51. The topological polar surface area (TPSA) is 93.7 Å². The molecule has 0 aliphatic carbocycles. The quantitative estimate of drug-likeness (QED) is 0.880. The molecule has 2 N–H and O–H groups in total. The van der Waals surface area contributed by atoms with E-state index in [0.717, 1.165) is 11.5 Å². The molecule has 1 aromatic heterocycles. The van der Waals surface area contributed by atoms with Crippen molar-refractivity contribution < 1.29 is 14.3 Å². The Hall–Kier alpha value is -2.77. The third kappa shape index (κ3) is 2.79. The minimum Gasteiger partial charge on any atom is -0.408 e. The average molecular weight is 317 g/mol. The maximum Gasteiger partial charge on any atom is 0.410 e. The molecule has 1 saturated heterocycles. The van der Waals surface area contributed by atoms with Gasteiger partial charge in [-0.2, -0.15) is 0 Å². The van der Waals surface area contributed by atoms with Gasteiger partial charge in [0.05, 0.1) is 5.52 Å². The van der Waals surface area contributed by atoms with E-state index in [1.54, 1.807) is 19.1 Å². The smallest absolute Gasteiger partial charge is 0.408 e. The number of imidazole rings is 1. The van der Waals surface area contributed by atoms with E-state index in [1.807, 2.05) is 22.6 Å². The Kier molecular flexibility index (Phi) is 3.81. The van der Waals surface area contributed by atoms with E-state index in [9.17, 15) is 9.59 Å². The summed E-state index contributed by atoms with van der Waals surface area (Å²) < 4.78 is 6.97. The van der Waals surface area contributed by atoms with Crippen LogP contribution < -0.4 is 15.4 Å². The molecule has 0 unspecified atom stereocenters. The van der Waals surface area contributed by atoms with Crippen molar-refractivity contribution in [1.29, 1.82) is 0 Å². The number of carbonyl (C=O) groups is 2. The van der Waals surface area contributed by atoms with E-state index in [0.29, 0.717) is 37.4 Å². The summed E-state index contributed by atoms with van der Waals surface area (Å²) in [6, 6.07) is 5.36. The van der Waals surface area contributed by atoms with Gasteiger partial charge in [-0.15, -0.1) is 0 Å². The summed E-state index contributed by atoms with van der Waals surface area (Å²) in [5.41, 5.74) is 6.55. The molecule has 23 heavy (non-hydrogen) atoms. The lowest BCUT2D eigenvalue weighted by Crippen LogP contribution is -2.48. The number of nitrogens with zero attached hydrogens (tertiary/aromatic N) is 4. The van der Waals surface area contributed by atoms with E-state index in [1.165, 1.54) is 0 Å². The van der Waals surface area contributed by atoms with Gasteiger partial charge in [-0.25, -0.2) is 9.78 Å². The van der Waals surface area contributed by atoms with Crippen molar-refractivity contribution in [2.75, 3.05) is 31.1 Å². The lowest BCUT2D eigenvalue weighted by Gasteiger charge is -2.34. The zero-order valence-corrected chi connectivity index (χ0v) is 13.2. The molecular formula is C15H19N5O3. The van der Waals surface area contributed by atoms with Crippen LogP contribution in [0, 0.1) is 0 Å². The molecule has 0 radical (unpaired) electrons. The van der Waals surface area contributed by atoms with Gasteiger partial charge in [0.1, 0.15) is 5.52 Å². The fourth-order valence-corrected chi connectivity index (χ4v) is 2.87. The molecule has 2 aromatic rings.